The Morgan fingerprint density at radius 3 is 3.09 bits per heavy atom. The van der Waals surface area contributed by atoms with E-state index in [1.54, 1.807) is 6.20 Å². The van der Waals surface area contributed by atoms with Crippen LogP contribution in [0.2, 0.25) is 0 Å². The summed E-state index contributed by atoms with van der Waals surface area (Å²) in [6.45, 7) is 3.11. The molecule has 1 saturated heterocycles. The van der Waals surface area contributed by atoms with Gasteiger partial charge in [0.15, 0.2) is 5.82 Å². The van der Waals surface area contributed by atoms with Gasteiger partial charge in [0.25, 0.3) is 5.56 Å². The van der Waals surface area contributed by atoms with Gasteiger partial charge in [0.1, 0.15) is 5.01 Å². The first kappa shape index (κ1) is 15.4. The quantitative estimate of drug-likeness (QED) is 0.761. The highest BCUT2D eigenvalue weighted by Gasteiger charge is 2.24. The maximum atomic E-state index is 12.0. The summed E-state index contributed by atoms with van der Waals surface area (Å²) in [5.74, 6) is 0.388. The summed E-state index contributed by atoms with van der Waals surface area (Å²) < 4.78 is 0. The number of aromatic nitrogens is 4. The van der Waals surface area contributed by atoms with Crippen LogP contribution < -0.4 is 21.1 Å². The highest BCUT2D eigenvalue weighted by atomic mass is 32.1. The van der Waals surface area contributed by atoms with Crippen molar-refractivity contribution in [3.63, 3.8) is 0 Å². The zero-order valence-electron chi connectivity index (χ0n) is 12.6. The maximum Gasteiger partial charge on any atom is 0.321 e. The number of amides is 2. The lowest BCUT2D eigenvalue weighted by Gasteiger charge is -2.33. The third-order valence-electron chi connectivity index (χ3n) is 3.49. The Morgan fingerprint density at radius 2 is 2.35 bits per heavy atom. The van der Waals surface area contributed by atoms with Gasteiger partial charge in [0, 0.05) is 31.5 Å². The van der Waals surface area contributed by atoms with Crippen LogP contribution in [0.3, 0.4) is 0 Å². The highest BCUT2D eigenvalue weighted by Crippen LogP contribution is 2.16. The summed E-state index contributed by atoms with van der Waals surface area (Å²) in [4.78, 5) is 32.5. The third kappa shape index (κ3) is 3.83. The number of aryl methyl sites for hydroxylation is 1. The lowest BCUT2D eigenvalue weighted by Crippen LogP contribution is -2.50. The summed E-state index contributed by atoms with van der Waals surface area (Å²) in [6.07, 6.45) is 4.78. The van der Waals surface area contributed by atoms with E-state index in [9.17, 15) is 9.59 Å². The van der Waals surface area contributed by atoms with E-state index in [0.29, 0.717) is 17.5 Å². The molecular weight excluding hydrogens is 318 g/mol. The zero-order chi connectivity index (χ0) is 16.2. The molecule has 0 aliphatic carbocycles. The van der Waals surface area contributed by atoms with Gasteiger partial charge in [-0.25, -0.2) is 9.78 Å². The van der Waals surface area contributed by atoms with Crippen molar-refractivity contribution in [2.24, 2.45) is 0 Å². The molecule has 1 unspecified atom stereocenters. The van der Waals surface area contributed by atoms with Crippen molar-refractivity contribution in [3.05, 3.63) is 27.8 Å². The highest BCUT2D eigenvalue weighted by molar-refractivity contribution is 7.15. The Balaban J connectivity index is 1.59. The van der Waals surface area contributed by atoms with Gasteiger partial charge in [-0.2, -0.15) is 0 Å². The number of anilines is 2. The molecule has 2 amide bonds. The molecule has 1 aliphatic heterocycles. The van der Waals surface area contributed by atoms with E-state index in [-0.39, 0.29) is 17.6 Å². The maximum absolute atomic E-state index is 12.0. The Bertz CT molecular complexity index is 744. The summed E-state index contributed by atoms with van der Waals surface area (Å²) >= 11 is 1.32. The van der Waals surface area contributed by atoms with E-state index in [2.05, 4.69) is 30.8 Å². The molecule has 1 atom stereocenters. The van der Waals surface area contributed by atoms with Crippen LogP contribution in [0.4, 0.5) is 15.7 Å². The summed E-state index contributed by atoms with van der Waals surface area (Å²) in [5.41, 5.74) is -0.220. The Morgan fingerprint density at radius 1 is 1.48 bits per heavy atom. The fourth-order valence-corrected chi connectivity index (χ4v) is 3.11. The number of aromatic amines is 1. The van der Waals surface area contributed by atoms with Crippen LogP contribution >= 0.6 is 11.3 Å². The predicted octanol–water partition coefficient (Wildman–Crippen LogP) is 0.720. The first-order valence-electron chi connectivity index (χ1n) is 7.28. The van der Waals surface area contributed by atoms with E-state index in [4.69, 9.17) is 0 Å². The number of H-pyrrole nitrogens is 1. The van der Waals surface area contributed by atoms with Gasteiger partial charge in [-0.05, 0) is 19.8 Å². The monoisotopic (exact) mass is 335 g/mol. The van der Waals surface area contributed by atoms with Crippen LogP contribution in [0.1, 0.15) is 17.8 Å². The molecule has 10 heteroatoms. The van der Waals surface area contributed by atoms with Crippen LogP contribution in [0, 0.1) is 6.92 Å². The summed E-state index contributed by atoms with van der Waals surface area (Å²) in [5, 5.41) is 14.5. The number of hydrogen-bond donors (Lipinski definition) is 3. The number of nitrogens with zero attached hydrogens (tertiary/aromatic N) is 4. The van der Waals surface area contributed by atoms with Crippen LogP contribution in [-0.4, -0.2) is 45.3 Å². The molecule has 3 heterocycles. The Labute approximate surface area is 136 Å². The van der Waals surface area contributed by atoms with Crippen LogP contribution in [0.25, 0.3) is 0 Å². The van der Waals surface area contributed by atoms with E-state index >= 15 is 0 Å². The number of carbonyl (C=O) groups excluding carboxylic acids is 1. The van der Waals surface area contributed by atoms with Gasteiger partial charge >= 0.3 is 6.03 Å². The molecule has 122 valence electrons. The van der Waals surface area contributed by atoms with Crippen molar-refractivity contribution in [3.8, 4) is 0 Å². The van der Waals surface area contributed by atoms with Crippen LogP contribution in [-0.2, 0) is 0 Å². The summed E-state index contributed by atoms with van der Waals surface area (Å²) in [6, 6.07) is -0.373. The molecule has 3 N–H and O–H groups in total. The van der Waals surface area contributed by atoms with Gasteiger partial charge in [0.05, 0.1) is 0 Å². The zero-order valence-corrected chi connectivity index (χ0v) is 13.4. The Hall–Kier alpha value is -2.49. The third-order valence-corrected chi connectivity index (χ3v) is 4.25. The van der Waals surface area contributed by atoms with Gasteiger partial charge in [-0.15, -0.1) is 10.2 Å². The van der Waals surface area contributed by atoms with Crippen molar-refractivity contribution in [2.45, 2.75) is 25.8 Å². The number of urea groups is 1. The molecule has 23 heavy (non-hydrogen) atoms. The molecule has 0 radical (unpaired) electrons. The molecule has 1 fully saturated rings. The molecule has 0 spiro atoms. The first-order chi connectivity index (χ1) is 11.1. The fourth-order valence-electron chi connectivity index (χ4n) is 2.52. The fraction of sp³-hybridized carbons (Fsp3) is 0.462. The standard InChI is InChI=1S/C13H17N7O2S/c1-8-18-19-13(23-8)17-12(22)16-9-3-2-6-20(7-9)10-11(21)15-5-4-14-10/h4-5,9H,2-3,6-7H2,1H3,(H,15,21)(H2,16,17,19,22). The predicted molar refractivity (Wildman–Crippen MR) is 86.9 cm³/mol. The number of carbonyl (C=O) groups is 1. The SMILES string of the molecule is Cc1nnc(NC(=O)NC2CCCN(c3ncc[nH]c3=O)C2)s1. The number of piperidine rings is 1. The average Bonchev–Trinajstić information content (AvgIpc) is 2.93. The van der Waals surface area contributed by atoms with Crippen LogP contribution in [0.15, 0.2) is 17.2 Å². The molecule has 3 rings (SSSR count). The molecule has 0 saturated carbocycles. The smallest absolute Gasteiger partial charge is 0.321 e. The second-order valence-electron chi connectivity index (χ2n) is 5.25. The van der Waals surface area contributed by atoms with Crippen LogP contribution in [0.5, 0.6) is 0 Å². The minimum Gasteiger partial charge on any atom is -0.350 e. The van der Waals surface area contributed by atoms with Gasteiger partial charge in [-0.3, -0.25) is 10.1 Å². The van der Waals surface area contributed by atoms with Crippen molar-refractivity contribution in [1.82, 2.24) is 25.5 Å². The molecule has 2 aromatic heterocycles. The molecule has 0 bridgehead atoms. The average molecular weight is 335 g/mol. The van der Waals surface area contributed by atoms with Crippen molar-refractivity contribution < 1.29 is 4.79 Å². The lowest BCUT2D eigenvalue weighted by atomic mass is 10.1. The topological polar surface area (TPSA) is 116 Å². The van der Waals surface area contributed by atoms with Crippen molar-refractivity contribution >= 4 is 28.3 Å². The van der Waals surface area contributed by atoms with E-state index in [1.165, 1.54) is 17.5 Å². The normalized spacial score (nSPS) is 17.8. The van der Waals surface area contributed by atoms with E-state index < -0.39 is 0 Å². The van der Waals surface area contributed by atoms with Gasteiger partial charge in [0.2, 0.25) is 5.13 Å². The van der Waals surface area contributed by atoms with E-state index in [0.717, 1.165) is 24.4 Å². The minimum atomic E-state index is -0.317. The number of rotatable bonds is 3. The largest absolute Gasteiger partial charge is 0.350 e. The van der Waals surface area contributed by atoms with Gasteiger partial charge < -0.3 is 15.2 Å². The van der Waals surface area contributed by atoms with Gasteiger partial charge in [-0.1, -0.05) is 11.3 Å². The number of hydrogen-bond acceptors (Lipinski definition) is 7. The minimum absolute atomic E-state index is 0.0563. The summed E-state index contributed by atoms with van der Waals surface area (Å²) in [7, 11) is 0. The second-order valence-corrected chi connectivity index (χ2v) is 6.43. The molecule has 1 aliphatic rings. The first-order valence-corrected chi connectivity index (χ1v) is 8.10. The Kier molecular flexibility index (Phi) is 4.51. The van der Waals surface area contributed by atoms with Crippen molar-refractivity contribution in [2.75, 3.05) is 23.3 Å². The van der Waals surface area contributed by atoms with E-state index in [1.807, 2.05) is 11.8 Å². The molecule has 9 nitrogen and oxygen atoms in total. The molecular formula is C13H17N7O2S. The number of nitrogens with one attached hydrogen (secondary N) is 3. The van der Waals surface area contributed by atoms with Crippen molar-refractivity contribution in [1.29, 1.82) is 0 Å². The molecule has 0 aromatic carbocycles. The lowest BCUT2D eigenvalue weighted by molar-refractivity contribution is 0.246. The molecule has 2 aromatic rings. The second kappa shape index (κ2) is 6.73.